The second kappa shape index (κ2) is 11.8. The molecule has 3 aromatic carbocycles. The highest BCUT2D eigenvalue weighted by Crippen LogP contribution is 2.27. The number of rotatable bonds is 8. The number of non-ortho nitro benzene ring substituents is 1. The van der Waals surface area contributed by atoms with Crippen molar-refractivity contribution in [1.29, 1.82) is 0 Å². The van der Waals surface area contributed by atoms with Crippen molar-refractivity contribution in [2.24, 2.45) is 10.1 Å². The monoisotopic (exact) mass is 565 g/mol. The van der Waals surface area contributed by atoms with E-state index in [0.29, 0.717) is 11.4 Å². The summed E-state index contributed by atoms with van der Waals surface area (Å²) in [6.45, 7) is 10.8. The van der Waals surface area contributed by atoms with E-state index in [9.17, 15) is 10.1 Å². The second-order valence-corrected chi connectivity index (χ2v) is 10.5. The first kappa shape index (κ1) is 27.8. The lowest BCUT2D eigenvalue weighted by molar-refractivity contribution is -0.384. The molecule has 9 heteroatoms. The molecular formula is C32H31N5O3S. The van der Waals surface area contributed by atoms with Gasteiger partial charge in [0.05, 0.1) is 29.1 Å². The van der Waals surface area contributed by atoms with Crippen molar-refractivity contribution < 1.29 is 9.66 Å². The Bertz CT molecular complexity index is 1790. The summed E-state index contributed by atoms with van der Waals surface area (Å²) in [7, 11) is 0. The van der Waals surface area contributed by atoms with Gasteiger partial charge in [0.15, 0.2) is 0 Å². The number of thiazole rings is 1. The highest BCUT2D eigenvalue weighted by molar-refractivity contribution is 7.07. The van der Waals surface area contributed by atoms with E-state index in [4.69, 9.17) is 14.8 Å². The van der Waals surface area contributed by atoms with Gasteiger partial charge in [-0.2, -0.15) is 5.10 Å². The van der Waals surface area contributed by atoms with Gasteiger partial charge in [-0.1, -0.05) is 18.2 Å². The summed E-state index contributed by atoms with van der Waals surface area (Å²) >= 11 is 1.48. The van der Waals surface area contributed by atoms with Gasteiger partial charge in [0.2, 0.25) is 4.80 Å². The average molecular weight is 566 g/mol. The van der Waals surface area contributed by atoms with E-state index < -0.39 is 4.92 Å². The Morgan fingerprint density at radius 1 is 0.976 bits per heavy atom. The number of aryl methyl sites for hydroxylation is 3. The molecule has 0 fully saturated rings. The van der Waals surface area contributed by atoms with Gasteiger partial charge in [0.1, 0.15) is 5.75 Å². The molecule has 0 saturated heterocycles. The zero-order chi connectivity index (χ0) is 29.1. The molecule has 0 saturated carbocycles. The zero-order valence-electron chi connectivity index (χ0n) is 23.7. The third-order valence-electron chi connectivity index (χ3n) is 6.89. The normalized spacial score (nSPS) is 11.9. The van der Waals surface area contributed by atoms with Crippen LogP contribution >= 0.6 is 11.3 Å². The summed E-state index contributed by atoms with van der Waals surface area (Å²) in [5, 5.41) is 18.1. The summed E-state index contributed by atoms with van der Waals surface area (Å²) in [5.41, 5.74) is 8.86. The third-order valence-corrected chi connectivity index (χ3v) is 7.71. The number of benzene rings is 3. The van der Waals surface area contributed by atoms with Crippen LogP contribution in [0, 0.1) is 37.8 Å². The van der Waals surface area contributed by atoms with Crippen molar-refractivity contribution in [2.75, 3.05) is 6.61 Å². The lowest BCUT2D eigenvalue weighted by Gasteiger charge is -2.11. The van der Waals surface area contributed by atoms with Crippen molar-refractivity contribution in [3.05, 3.63) is 121 Å². The standard InChI is InChI=1S/C32H31N5O3S/c1-6-40-29-16-14-27(15-17-29)35-23(4)18-26(24(35)5)19-33-36-30(25-10-12-28(13-11-25)37(38)39)20-41-32(36)34-31-21(2)8-7-9-22(31)3/h7-20H,6H2,1-5H3/b33-19+,34-32?. The number of aromatic nitrogens is 2. The zero-order valence-corrected chi connectivity index (χ0v) is 24.5. The van der Waals surface area contributed by atoms with Crippen LogP contribution in [0.15, 0.2) is 88.3 Å². The molecule has 2 heterocycles. The molecule has 5 rings (SSSR count). The van der Waals surface area contributed by atoms with Gasteiger partial charge in [-0.05, 0) is 88.2 Å². The fourth-order valence-corrected chi connectivity index (χ4v) is 5.65. The van der Waals surface area contributed by atoms with Gasteiger partial charge in [-0.3, -0.25) is 10.1 Å². The highest BCUT2D eigenvalue weighted by Gasteiger charge is 2.13. The number of nitrogens with zero attached hydrogens (tertiary/aromatic N) is 5. The van der Waals surface area contributed by atoms with E-state index in [-0.39, 0.29) is 5.69 Å². The van der Waals surface area contributed by atoms with Crippen LogP contribution in [0.4, 0.5) is 11.4 Å². The van der Waals surface area contributed by atoms with E-state index in [2.05, 4.69) is 24.5 Å². The number of para-hydroxylation sites is 1. The molecule has 41 heavy (non-hydrogen) atoms. The van der Waals surface area contributed by atoms with E-state index in [1.165, 1.54) is 23.5 Å². The highest BCUT2D eigenvalue weighted by atomic mass is 32.1. The van der Waals surface area contributed by atoms with Crippen molar-refractivity contribution in [1.82, 2.24) is 9.24 Å². The minimum Gasteiger partial charge on any atom is -0.494 e. The Kier molecular flexibility index (Phi) is 7.98. The van der Waals surface area contributed by atoms with E-state index in [1.807, 2.05) is 74.8 Å². The predicted octanol–water partition coefficient (Wildman–Crippen LogP) is 7.66. The number of nitro benzene ring substituents is 1. The number of nitro groups is 1. The van der Waals surface area contributed by atoms with Crippen LogP contribution in [0.3, 0.4) is 0 Å². The molecule has 8 nitrogen and oxygen atoms in total. The maximum Gasteiger partial charge on any atom is 0.269 e. The number of hydrogen-bond acceptors (Lipinski definition) is 6. The molecule has 0 bridgehead atoms. The van der Waals surface area contributed by atoms with E-state index in [1.54, 1.807) is 16.8 Å². The molecule has 0 aliphatic heterocycles. The topological polar surface area (TPSA) is 87.0 Å². The van der Waals surface area contributed by atoms with Crippen LogP contribution < -0.4 is 9.54 Å². The average Bonchev–Trinajstić information content (AvgIpc) is 3.49. The molecule has 5 aromatic rings. The Morgan fingerprint density at radius 2 is 1.66 bits per heavy atom. The van der Waals surface area contributed by atoms with Crippen molar-refractivity contribution in [3.63, 3.8) is 0 Å². The van der Waals surface area contributed by atoms with Crippen LogP contribution in [-0.2, 0) is 0 Å². The third kappa shape index (κ3) is 5.76. The minimum absolute atomic E-state index is 0.0428. The first-order valence-corrected chi connectivity index (χ1v) is 14.2. The van der Waals surface area contributed by atoms with Crippen molar-refractivity contribution in [3.8, 4) is 22.7 Å². The first-order valence-electron chi connectivity index (χ1n) is 13.3. The SMILES string of the molecule is CCOc1ccc(-n2c(C)cc(/C=N/n3c(-c4ccc([N+](=O)[O-])cc4)csc3=Nc3c(C)cccc3C)c2C)cc1. The molecule has 0 atom stereocenters. The van der Waals surface area contributed by atoms with Crippen LogP contribution in [0.5, 0.6) is 5.75 Å². The summed E-state index contributed by atoms with van der Waals surface area (Å²) in [6, 6.07) is 22.8. The minimum atomic E-state index is -0.397. The number of ether oxygens (including phenoxy) is 1. The molecule has 0 amide bonds. The molecular weight excluding hydrogens is 534 g/mol. The summed E-state index contributed by atoms with van der Waals surface area (Å²) in [4.78, 5) is 16.5. The van der Waals surface area contributed by atoms with Crippen LogP contribution in [0.2, 0.25) is 0 Å². The van der Waals surface area contributed by atoms with Crippen LogP contribution in [0.25, 0.3) is 16.9 Å². The Morgan fingerprint density at radius 3 is 2.29 bits per heavy atom. The molecule has 0 radical (unpaired) electrons. The Balaban J connectivity index is 1.60. The van der Waals surface area contributed by atoms with E-state index in [0.717, 1.165) is 56.5 Å². The lowest BCUT2D eigenvalue weighted by Crippen LogP contribution is -2.12. The van der Waals surface area contributed by atoms with Gasteiger partial charge in [-0.25, -0.2) is 9.67 Å². The van der Waals surface area contributed by atoms with E-state index >= 15 is 0 Å². The Labute approximate surface area is 242 Å². The molecule has 0 unspecified atom stereocenters. The largest absolute Gasteiger partial charge is 0.494 e. The van der Waals surface area contributed by atoms with Crippen molar-refractivity contribution >= 4 is 28.9 Å². The second-order valence-electron chi connectivity index (χ2n) is 9.70. The van der Waals surface area contributed by atoms with Crippen LogP contribution in [-0.4, -0.2) is 27.0 Å². The predicted molar refractivity (Wildman–Crippen MR) is 165 cm³/mol. The fraction of sp³-hybridized carbons (Fsp3) is 0.188. The molecule has 0 aliphatic carbocycles. The van der Waals surface area contributed by atoms with Gasteiger partial charge in [0, 0.05) is 45.7 Å². The molecule has 0 spiro atoms. The number of hydrogen-bond donors (Lipinski definition) is 0. The lowest BCUT2D eigenvalue weighted by atomic mass is 10.1. The summed E-state index contributed by atoms with van der Waals surface area (Å²) < 4.78 is 9.60. The Hall–Kier alpha value is -4.76. The molecule has 2 aromatic heterocycles. The molecule has 0 N–H and O–H groups in total. The smallest absolute Gasteiger partial charge is 0.269 e. The molecule has 208 valence electrons. The van der Waals surface area contributed by atoms with Crippen molar-refractivity contribution in [2.45, 2.75) is 34.6 Å². The fourth-order valence-electron chi connectivity index (χ4n) is 4.81. The van der Waals surface area contributed by atoms with Gasteiger partial charge >= 0.3 is 0 Å². The summed E-state index contributed by atoms with van der Waals surface area (Å²) in [6.07, 6.45) is 1.85. The summed E-state index contributed by atoms with van der Waals surface area (Å²) in [5.74, 6) is 0.841. The van der Waals surface area contributed by atoms with Gasteiger partial charge in [0.25, 0.3) is 5.69 Å². The first-order chi connectivity index (χ1) is 19.8. The quantitative estimate of drug-likeness (QED) is 0.110. The van der Waals surface area contributed by atoms with Gasteiger partial charge < -0.3 is 9.30 Å². The maximum absolute atomic E-state index is 11.2. The molecule has 0 aliphatic rings. The van der Waals surface area contributed by atoms with Crippen LogP contribution in [0.1, 0.15) is 35.0 Å². The van der Waals surface area contributed by atoms with Gasteiger partial charge in [-0.15, -0.1) is 11.3 Å². The maximum atomic E-state index is 11.2.